The van der Waals surface area contributed by atoms with Crippen LogP contribution in [0.1, 0.15) is 65.0 Å². The number of aliphatic hydroxyl groups excluding tert-OH is 1. The minimum atomic E-state index is -0.412. The summed E-state index contributed by atoms with van der Waals surface area (Å²) in [5.74, 6) is 1.64. The smallest absolute Gasteiger partial charge is 0.0781 e. The normalized spacial score (nSPS) is 24.6. The van der Waals surface area contributed by atoms with Crippen LogP contribution in [0.2, 0.25) is 0 Å². The molecule has 0 aromatic heterocycles. The number of rotatable bonds is 4. The van der Waals surface area contributed by atoms with Crippen molar-refractivity contribution in [3.8, 4) is 0 Å². The highest BCUT2D eigenvalue weighted by Crippen LogP contribution is 2.39. The van der Waals surface area contributed by atoms with Crippen molar-refractivity contribution in [1.82, 2.24) is 0 Å². The van der Waals surface area contributed by atoms with Crippen LogP contribution in [0.3, 0.4) is 0 Å². The van der Waals surface area contributed by atoms with E-state index in [9.17, 15) is 5.11 Å². The molecule has 21 heavy (non-hydrogen) atoms. The predicted molar refractivity (Wildman–Crippen MR) is 90.5 cm³/mol. The lowest BCUT2D eigenvalue weighted by Crippen LogP contribution is -2.28. The van der Waals surface area contributed by atoms with Gasteiger partial charge < -0.3 is 10.4 Å². The summed E-state index contributed by atoms with van der Waals surface area (Å²) in [4.78, 5) is 0. The van der Waals surface area contributed by atoms with Crippen molar-refractivity contribution in [3.05, 3.63) is 29.8 Å². The average Bonchev–Trinajstić information content (AvgIpc) is 2.45. The topological polar surface area (TPSA) is 32.3 Å². The van der Waals surface area contributed by atoms with Gasteiger partial charge in [0, 0.05) is 17.8 Å². The van der Waals surface area contributed by atoms with Crippen LogP contribution < -0.4 is 5.32 Å². The molecule has 0 radical (unpaired) electrons. The zero-order valence-electron chi connectivity index (χ0n) is 14.0. The van der Waals surface area contributed by atoms with Gasteiger partial charge in [-0.1, -0.05) is 39.0 Å². The number of nitrogens with one attached hydrogen (secondary N) is 1. The summed E-state index contributed by atoms with van der Waals surface area (Å²) in [6.07, 6.45) is 4.95. The molecule has 0 bridgehead atoms. The Kier molecular flexibility index (Phi) is 5.32. The first-order valence-electron chi connectivity index (χ1n) is 8.39. The van der Waals surface area contributed by atoms with Crippen molar-refractivity contribution in [3.63, 3.8) is 0 Å². The number of para-hydroxylation sites is 1. The van der Waals surface area contributed by atoms with Gasteiger partial charge in [0.1, 0.15) is 0 Å². The van der Waals surface area contributed by atoms with E-state index in [1.54, 1.807) is 0 Å². The second-order valence-corrected chi connectivity index (χ2v) is 7.73. The number of anilines is 1. The molecular weight excluding hydrogens is 258 g/mol. The van der Waals surface area contributed by atoms with Crippen molar-refractivity contribution in [2.75, 3.05) is 11.9 Å². The standard InChI is InChI=1S/C19H31NO/c1-14(21)17-7-5-6-8-18(17)20-13-15-9-11-16(12-10-15)19(2,3)4/h5-8,14-16,20-21H,9-13H2,1-4H3. The zero-order valence-corrected chi connectivity index (χ0v) is 14.0. The van der Waals surface area contributed by atoms with E-state index >= 15 is 0 Å². The molecule has 2 heteroatoms. The Labute approximate surface area is 130 Å². The highest BCUT2D eigenvalue weighted by molar-refractivity contribution is 5.52. The first-order valence-corrected chi connectivity index (χ1v) is 8.39. The third-order valence-corrected chi connectivity index (χ3v) is 5.06. The molecule has 1 saturated carbocycles. The molecule has 2 N–H and O–H groups in total. The summed E-state index contributed by atoms with van der Waals surface area (Å²) in [7, 11) is 0. The quantitative estimate of drug-likeness (QED) is 0.817. The molecule has 1 atom stereocenters. The Morgan fingerprint density at radius 3 is 2.33 bits per heavy atom. The van der Waals surface area contributed by atoms with Crippen LogP contribution >= 0.6 is 0 Å². The summed E-state index contributed by atoms with van der Waals surface area (Å²) < 4.78 is 0. The van der Waals surface area contributed by atoms with Gasteiger partial charge in [-0.2, -0.15) is 0 Å². The van der Waals surface area contributed by atoms with Gasteiger partial charge in [-0.25, -0.2) is 0 Å². The molecular formula is C19H31NO. The summed E-state index contributed by atoms with van der Waals surface area (Å²) in [6.45, 7) is 9.97. The molecule has 1 aliphatic rings. The Morgan fingerprint density at radius 1 is 1.14 bits per heavy atom. The van der Waals surface area contributed by atoms with Crippen molar-refractivity contribution in [1.29, 1.82) is 0 Å². The Morgan fingerprint density at radius 2 is 1.76 bits per heavy atom. The van der Waals surface area contributed by atoms with E-state index in [1.807, 2.05) is 25.1 Å². The number of hydrogen-bond donors (Lipinski definition) is 2. The molecule has 1 aromatic carbocycles. The van der Waals surface area contributed by atoms with E-state index in [-0.39, 0.29) is 0 Å². The first-order chi connectivity index (χ1) is 9.88. The highest BCUT2D eigenvalue weighted by Gasteiger charge is 2.29. The fourth-order valence-electron chi connectivity index (χ4n) is 3.51. The summed E-state index contributed by atoms with van der Waals surface area (Å²) in [6, 6.07) is 8.10. The Balaban J connectivity index is 1.85. The van der Waals surface area contributed by atoms with E-state index in [4.69, 9.17) is 0 Å². The van der Waals surface area contributed by atoms with Gasteiger partial charge in [0.05, 0.1) is 6.10 Å². The second-order valence-electron chi connectivity index (χ2n) is 7.73. The van der Waals surface area contributed by atoms with E-state index in [0.717, 1.165) is 29.6 Å². The number of aliphatic hydroxyl groups is 1. The van der Waals surface area contributed by atoms with Gasteiger partial charge in [-0.15, -0.1) is 0 Å². The summed E-state index contributed by atoms with van der Waals surface area (Å²) in [5, 5.41) is 13.4. The van der Waals surface area contributed by atoms with Crippen molar-refractivity contribution >= 4 is 5.69 Å². The lowest BCUT2D eigenvalue weighted by atomic mass is 9.70. The third-order valence-electron chi connectivity index (χ3n) is 5.06. The van der Waals surface area contributed by atoms with Gasteiger partial charge in [0.25, 0.3) is 0 Å². The Bertz CT molecular complexity index is 439. The Hall–Kier alpha value is -1.02. The zero-order chi connectivity index (χ0) is 15.5. The van der Waals surface area contributed by atoms with Crippen LogP contribution in [0.25, 0.3) is 0 Å². The van der Waals surface area contributed by atoms with Crippen molar-refractivity contribution in [2.45, 2.75) is 59.5 Å². The van der Waals surface area contributed by atoms with E-state index in [1.165, 1.54) is 25.7 Å². The fourth-order valence-corrected chi connectivity index (χ4v) is 3.51. The summed E-state index contributed by atoms with van der Waals surface area (Å²) in [5.41, 5.74) is 2.54. The van der Waals surface area contributed by atoms with Gasteiger partial charge in [0.2, 0.25) is 0 Å². The predicted octanol–water partition coefficient (Wildman–Crippen LogP) is 5.00. The maximum absolute atomic E-state index is 9.83. The molecule has 2 nitrogen and oxygen atoms in total. The van der Waals surface area contributed by atoms with Crippen molar-refractivity contribution < 1.29 is 5.11 Å². The molecule has 0 aliphatic heterocycles. The average molecular weight is 289 g/mol. The van der Waals surface area contributed by atoms with Crippen LogP contribution in [-0.4, -0.2) is 11.7 Å². The fraction of sp³-hybridized carbons (Fsp3) is 0.684. The van der Waals surface area contributed by atoms with Crippen LogP contribution in [0.15, 0.2) is 24.3 Å². The molecule has 1 fully saturated rings. The van der Waals surface area contributed by atoms with Gasteiger partial charge >= 0.3 is 0 Å². The number of benzene rings is 1. The minimum Gasteiger partial charge on any atom is -0.389 e. The molecule has 0 spiro atoms. The molecule has 1 aliphatic carbocycles. The molecule has 1 aromatic rings. The van der Waals surface area contributed by atoms with Crippen molar-refractivity contribution in [2.24, 2.45) is 17.3 Å². The van der Waals surface area contributed by atoms with E-state index in [0.29, 0.717) is 5.41 Å². The summed E-state index contributed by atoms with van der Waals surface area (Å²) >= 11 is 0. The van der Waals surface area contributed by atoms with Crippen LogP contribution in [-0.2, 0) is 0 Å². The number of hydrogen-bond acceptors (Lipinski definition) is 2. The second kappa shape index (κ2) is 6.83. The molecule has 0 amide bonds. The molecule has 1 unspecified atom stereocenters. The largest absolute Gasteiger partial charge is 0.389 e. The molecule has 0 heterocycles. The van der Waals surface area contributed by atoms with Gasteiger partial charge in [0.15, 0.2) is 0 Å². The lowest BCUT2D eigenvalue weighted by Gasteiger charge is -2.37. The maximum Gasteiger partial charge on any atom is 0.0781 e. The third kappa shape index (κ3) is 4.47. The highest BCUT2D eigenvalue weighted by atomic mass is 16.3. The molecule has 0 saturated heterocycles. The molecule has 118 valence electrons. The maximum atomic E-state index is 9.83. The van der Waals surface area contributed by atoms with Crippen LogP contribution in [0, 0.1) is 17.3 Å². The first kappa shape index (κ1) is 16.4. The van der Waals surface area contributed by atoms with E-state index < -0.39 is 6.10 Å². The van der Waals surface area contributed by atoms with Gasteiger partial charge in [-0.3, -0.25) is 0 Å². The SMILES string of the molecule is CC(O)c1ccccc1NCC1CCC(C(C)(C)C)CC1. The van der Waals surface area contributed by atoms with Crippen LogP contribution in [0.4, 0.5) is 5.69 Å². The monoisotopic (exact) mass is 289 g/mol. The van der Waals surface area contributed by atoms with E-state index in [2.05, 4.69) is 32.2 Å². The lowest BCUT2D eigenvalue weighted by molar-refractivity contribution is 0.153. The minimum absolute atomic E-state index is 0.412. The van der Waals surface area contributed by atoms with Crippen LogP contribution in [0.5, 0.6) is 0 Å². The molecule has 2 rings (SSSR count). The van der Waals surface area contributed by atoms with Gasteiger partial charge in [-0.05, 0) is 55.9 Å².